The minimum Gasteiger partial charge on any atom is -0.307 e. The molecule has 1 fully saturated rings. The number of aromatic nitrogens is 2. The van der Waals surface area contributed by atoms with Crippen LogP contribution in [-0.2, 0) is 16.6 Å². The molecular weight excluding hydrogens is 412 g/mol. The van der Waals surface area contributed by atoms with Crippen LogP contribution in [0.1, 0.15) is 49.9 Å². The van der Waals surface area contributed by atoms with Gasteiger partial charge in [-0.15, -0.1) is 0 Å². The number of halogens is 1. The maximum absolute atomic E-state index is 13.1. The number of carbonyl (C=O) groups excluding carboxylic acids is 1. The Kier molecular flexibility index (Phi) is 6.97. The zero-order chi connectivity index (χ0) is 21.0. The lowest BCUT2D eigenvalue weighted by molar-refractivity contribution is 0.102. The number of carbonyl (C=O) groups is 1. The molecule has 0 atom stereocenters. The van der Waals surface area contributed by atoms with Gasteiger partial charge in [-0.05, 0) is 37.0 Å². The van der Waals surface area contributed by atoms with Gasteiger partial charge in [0.05, 0.1) is 11.2 Å². The summed E-state index contributed by atoms with van der Waals surface area (Å²) in [5.74, 6) is 0.529. The van der Waals surface area contributed by atoms with E-state index in [9.17, 15) is 13.2 Å². The molecule has 3 rings (SSSR count). The van der Waals surface area contributed by atoms with E-state index in [1.54, 1.807) is 16.9 Å². The number of hydrogen-bond acceptors (Lipinski definition) is 4. The Labute approximate surface area is 177 Å². The molecule has 1 N–H and O–H groups in total. The maximum Gasteiger partial charge on any atom is 0.256 e. The average Bonchev–Trinajstić information content (AvgIpc) is 2.92. The number of rotatable bonds is 6. The molecule has 0 aliphatic carbocycles. The van der Waals surface area contributed by atoms with E-state index in [0.717, 1.165) is 25.7 Å². The van der Waals surface area contributed by atoms with Crippen molar-refractivity contribution in [2.75, 3.05) is 18.4 Å². The van der Waals surface area contributed by atoms with Gasteiger partial charge in [0.1, 0.15) is 10.7 Å². The minimum atomic E-state index is -3.75. The molecule has 0 bridgehead atoms. The Bertz CT molecular complexity index is 964. The molecule has 0 spiro atoms. The Hall–Kier alpha value is -1.90. The van der Waals surface area contributed by atoms with Gasteiger partial charge in [0, 0.05) is 31.3 Å². The highest BCUT2D eigenvalue weighted by molar-refractivity contribution is 7.89. The molecule has 7 nitrogen and oxygen atoms in total. The van der Waals surface area contributed by atoms with Crippen LogP contribution in [0.5, 0.6) is 0 Å². The van der Waals surface area contributed by atoms with Crippen LogP contribution < -0.4 is 5.32 Å². The number of anilines is 1. The molecule has 2 heterocycles. The molecule has 0 unspecified atom stereocenters. The molecular formula is C20H27ClN4O3S. The van der Waals surface area contributed by atoms with E-state index in [-0.39, 0.29) is 15.5 Å². The standard InChI is InChI=1S/C20H27ClN4O3S/c1-15(2)14-25-19(9-10-22-25)23-20(26)16-7-8-17(21)18(13-16)29(27,28)24-11-5-3-4-6-12-24/h7-10,13,15H,3-6,11-12,14H2,1-2H3,(H,23,26). The first-order chi connectivity index (χ1) is 13.8. The van der Waals surface area contributed by atoms with Crippen molar-refractivity contribution in [2.24, 2.45) is 5.92 Å². The van der Waals surface area contributed by atoms with Gasteiger partial charge in [-0.2, -0.15) is 9.40 Å². The average molecular weight is 439 g/mol. The van der Waals surface area contributed by atoms with Gasteiger partial charge in [0.25, 0.3) is 5.91 Å². The number of sulfonamides is 1. The lowest BCUT2D eigenvalue weighted by atomic mass is 10.2. The molecule has 1 aliphatic rings. The zero-order valence-corrected chi connectivity index (χ0v) is 18.3. The second-order valence-corrected chi connectivity index (χ2v) is 10.0. The van der Waals surface area contributed by atoms with E-state index in [2.05, 4.69) is 24.3 Å². The zero-order valence-electron chi connectivity index (χ0n) is 16.8. The van der Waals surface area contributed by atoms with Crippen LogP contribution in [0.25, 0.3) is 0 Å². The van der Waals surface area contributed by atoms with E-state index in [1.807, 2.05) is 0 Å². The molecule has 9 heteroatoms. The minimum absolute atomic E-state index is 0.0237. The van der Waals surface area contributed by atoms with Crippen LogP contribution in [0.2, 0.25) is 5.02 Å². The van der Waals surface area contributed by atoms with E-state index in [1.165, 1.54) is 22.5 Å². The Morgan fingerprint density at radius 2 is 1.86 bits per heavy atom. The monoisotopic (exact) mass is 438 g/mol. The summed E-state index contributed by atoms with van der Waals surface area (Å²) in [6, 6.07) is 6.07. The summed E-state index contributed by atoms with van der Waals surface area (Å²) in [4.78, 5) is 12.7. The van der Waals surface area contributed by atoms with E-state index < -0.39 is 15.9 Å². The van der Waals surface area contributed by atoms with Crippen molar-refractivity contribution in [3.05, 3.63) is 41.0 Å². The molecule has 158 valence electrons. The summed E-state index contributed by atoms with van der Waals surface area (Å²) in [5, 5.41) is 7.15. The fourth-order valence-electron chi connectivity index (χ4n) is 3.38. The molecule has 1 aromatic carbocycles. The molecule has 1 saturated heterocycles. The topological polar surface area (TPSA) is 84.3 Å². The van der Waals surface area contributed by atoms with E-state index in [4.69, 9.17) is 11.6 Å². The number of benzene rings is 1. The maximum atomic E-state index is 13.1. The molecule has 0 radical (unpaired) electrons. The van der Waals surface area contributed by atoms with Gasteiger partial charge >= 0.3 is 0 Å². The smallest absolute Gasteiger partial charge is 0.256 e. The predicted molar refractivity (Wildman–Crippen MR) is 114 cm³/mol. The van der Waals surface area contributed by atoms with Crippen molar-refractivity contribution in [3.63, 3.8) is 0 Å². The second kappa shape index (κ2) is 9.28. The summed E-state index contributed by atoms with van der Waals surface area (Å²) in [5.41, 5.74) is 0.236. The van der Waals surface area contributed by atoms with Crippen molar-refractivity contribution >= 4 is 33.3 Å². The van der Waals surface area contributed by atoms with Crippen LogP contribution in [0.15, 0.2) is 35.4 Å². The van der Waals surface area contributed by atoms with Gasteiger partial charge in [0.2, 0.25) is 10.0 Å². The van der Waals surface area contributed by atoms with Crippen LogP contribution in [0.4, 0.5) is 5.82 Å². The SMILES string of the molecule is CC(C)Cn1nccc1NC(=O)c1ccc(Cl)c(S(=O)(=O)N2CCCCCC2)c1. The molecule has 1 amide bonds. The largest absolute Gasteiger partial charge is 0.307 e. The second-order valence-electron chi connectivity index (χ2n) is 7.71. The van der Waals surface area contributed by atoms with Gasteiger partial charge < -0.3 is 5.32 Å². The number of nitrogens with one attached hydrogen (secondary N) is 1. The summed E-state index contributed by atoms with van der Waals surface area (Å²) < 4.78 is 29.4. The Morgan fingerprint density at radius 3 is 2.52 bits per heavy atom. The Morgan fingerprint density at radius 1 is 1.17 bits per heavy atom. The highest BCUT2D eigenvalue weighted by atomic mass is 35.5. The van der Waals surface area contributed by atoms with E-state index in [0.29, 0.717) is 31.4 Å². The van der Waals surface area contributed by atoms with Crippen LogP contribution in [0, 0.1) is 5.92 Å². The van der Waals surface area contributed by atoms with Gasteiger partial charge in [-0.3, -0.25) is 4.79 Å². The van der Waals surface area contributed by atoms with Crippen molar-refractivity contribution in [3.8, 4) is 0 Å². The third-order valence-corrected chi connectivity index (χ3v) is 7.25. The third-order valence-electron chi connectivity index (χ3n) is 4.87. The first-order valence-electron chi connectivity index (χ1n) is 9.92. The van der Waals surface area contributed by atoms with Crippen LogP contribution >= 0.6 is 11.6 Å². The predicted octanol–water partition coefficient (Wildman–Crippen LogP) is 4.01. The van der Waals surface area contributed by atoms with Gasteiger partial charge in [-0.25, -0.2) is 13.1 Å². The van der Waals surface area contributed by atoms with Crippen LogP contribution in [-0.4, -0.2) is 41.5 Å². The highest BCUT2D eigenvalue weighted by Gasteiger charge is 2.28. The van der Waals surface area contributed by atoms with Gasteiger partial charge in [-0.1, -0.05) is 38.3 Å². The molecule has 1 aliphatic heterocycles. The lowest BCUT2D eigenvalue weighted by Crippen LogP contribution is -2.32. The number of amides is 1. The molecule has 2 aromatic rings. The van der Waals surface area contributed by atoms with E-state index >= 15 is 0 Å². The van der Waals surface area contributed by atoms with Crippen LogP contribution in [0.3, 0.4) is 0 Å². The summed E-state index contributed by atoms with van der Waals surface area (Å²) in [6.45, 7) is 5.74. The lowest BCUT2D eigenvalue weighted by Gasteiger charge is -2.21. The normalized spacial score (nSPS) is 16.0. The quantitative estimate of drug-likeness (QED) is 0.738. The first kappa shape index (κ1) is 21.8. The third kappa shape index (κ3) is 5.18. The first-order valence-corrected chi connectivity index (χ1v) is 11.7. The number of nitrogens with zero attached hydrogens (tertiary/aromatic N) is 3. The molecule has 1 aromatic heterocycles. The Balaban J connectivity index is 1.85. The summed E-state index contributed by atoms with van der Waals surface area (Å²) in [7, 11) is -3.75. The molecule has 29 heavy (non-hydrogen) atoms. The van der Waals surface area contributed by atoms with Crippen molar-refractivity contribution in [1.82, 2.24) is 14.1 Å². The van der Waals surface area contributed by atoms with Gasteiger partial charge in [0.15, 0.2) is 0 Å². The fourth-order valence-corrected chi connectivity index (χ4v) is 5.40. The van der Waals surface area contributed by atoms with Crippen molar-refractivity contribution in [2.45, 2.75) is 51.0 Å². The van der Waals surface area contributed by atoms with Crippen molar-refractivity contribution in [1.29, 1.82) is 0 Å². The fraction of sp³-hybridized carbons (Fsp3) is 0.500. The molecule has 0 saturated carbocycles. The number of hydrogen-bond donors (Lipinski definition) is 1. The van der Waals surface area contributed by atoms with Crippen molar-refractivity contribution < 1.29 is 13.2 Å². The summed E-state index contributed by atoms with van der Waals surface area (Å²) >= 11 is 6.22. The summed E-state index contributed by atoms with van der Waals surface area (Å²) in [6.07, 6.45) is 5.32. The highest BCUT2D eigenvalue weighted by Crippen LogP contribution is 2.28.